The molecule has 3 aromatic heterocycles. The van der Waals surface area contributed by atoms with Crippen molar-refractivity contribution in [2.45, 2.75) is 23.7 Å². The molecule has 218 valence electrons. The topological polar surface area (TPSA) is 176 Å². The van der Waals surface area contributed by atoms with Crippen molar-refractivity contribution in [2.75, 3.05) is 10.8 Å². The zero-order valence-corrected chi connectivity index (χ0v) is 24.0. The van der Waals surface area contributed by atoms with Crippen LogP contribution in [0.3, 0.4) is 0 Å². The van der Waals surface area contributed by atoms with Gasteiger partial charge in [0.1, 0.15) is 27.7 Å². The van der Waals surface area contributed by atoms with Gasteiger partial charge in [-0.25, -0.2) is 22.8 Å². The zero-order chi connectivity index (χ0) is 30.1. The van der Waals surface area contributed by atoms with Crippen molar-refractivity contribution in [3.05, 3.63) is 100 Å². The SMILES string of the molecule is Cc1cc(CNC(=O)c2cc(C(=O)NC3CN(S(=O)(=O)c4cccs4)c4cc(-c5nn[nH]n5)ccc43)ncn2)ccc1F. The normalized spacial score (nSPS) is 14.4. The van der Waals surface area contributed by atoms with E-state index in [0.717, 1.165) is 17.7 Å². The van der Waals surface area contributed by atoms with E-state index < -0.39 is 27.9 Å². The third kappa shape index (κ3) is 5.56. The molecule has 1 unspecified atom stereocenters. The molecule has 43 heavy (non-hydrogen) atoms. The Morgan fingerprint density at radius 3 is 2.63 bits per heavy atom. The Kier molecular flexibility index (Phi) is 7.37. The lowest BCUT2D eigenvalue weighted by Crippen LogP contribution is -2.35. The number of amides is 2. The number of thiophene rings is 1. The van der Waals surface area contributed by atoms with Crippen LogP contribution in [0.4, 0.5) is 10.1 Å². The summed E-state index contributed by atoms with van der Waals surface area (Å²) in [6.07, 6.45) is 1.10. The van der Waals surface area contributed by atoms with Crippen LogP contribution in [0, 0.1) is 12.7 Å². The van der Waals surface area contributed by atoms with E-state index in [-0.39, 0.29) is 40.3 Å². The lowest BCUT2D eigenvalue weighted by molar-refractivity contribution is 0.0934. The molecule has 16 heteroatoms. The van der Waals surface area contributed by atoms with E-state index in [1.807, 2.05) is 0 Å². The Hall–Kier alpha value is -5.09. The number of tetrazole rings is 1. The van der Waals surface area contributed by atoms with Gasteiger partial charge in [-0.05, 0) is 46.8 Å². The van der Waals surface area contributed by atoms with Crippen molar-refractivity contribution in [3.8, 4) is 11.4 Å². The van der Waals surface area contributed by atoms with E-state index in [1.54, 1.807) is 48.7 Å². The second-order valence-electron chi connectivity index (χ2n) is 9.56. The highest BCUT2D eigenvalue weighted by atomic mass is 32.2. The van der Waals surface area contributed by atoms with Gasteiger partial charge in [0.25, 0.3) is 21.8 Å². The molecule has 1 aliphatic rings. The van der Waals surface area contributed by atoms with E-state index in [4.69, 9.17) is 0 Å². The number of aryl methyl sites for hydroxylation is 1. The van der Waals surface area contributed by atoms with Gasteiger partial charge in [-0.2, -0.15) is 5.21 Å². The van der Waals surface area contributed by atoms with Crippen LogP contribution in [0.25, 0.3) is 11.4 Å². The molecule has 0 bridgehead atoms. The van der Waals surface area contributed by atoms with Crippen molar-refractivity contribution in [1.82, 2.24) is 41.2 Å². The second-order valence-corrected chi connectivity index (χ2v) is 12.6. The molecule has 0 saturated carbocycles. The Morgan fingerprint density at radius 2 is 1.91 bits per heavy atom. The molecule has 0 radical (unpaired) electrons. The Labute approximate surface area is 248 Å². The van der Waals surface area contributed by atoms with Gasteiger partial charge in [-0.1, -0.05) is 30.3 Å². The maximum atomic E-state index is 13.6. The largest absolute Gasteiger partial charge is 0.347 e. The predicted molar refractivity (Wildman–Crippen MR) is 153 cm³/mol. The van der Waals surface area contributed by atoms with E-state index in [1.165, 1.54) is 22.5 Å². The molecular formula is C27H22FN9O4S2. The smallest absolute Gasteiger partial charge is 0.273 e. The van der Waals surface area contributed by atoms with Gasteiger partial charge in [-0.3, -0.25) is 13.9 Å². The molecule has 1 aliphatic heterocycles. The zero-order valence-electron chi connectivity index (χ0n) is 22.4. The van der Waals surface area contributed by atoms with Crippen LogP contribution >= 0.6 is 11.3 Å². The number of anilines is 1. The third-order valence-corrected chi connectivity index (χ3v) is 9.93. The number of halogens is 1. The summed E-state index contributed by atoms with van der Waals surface area (Å²) in [7, 11) is -3.94. The van der Waals surface area contributed by atoms with Gasteiger partial charge in [0.15, 0.2) is 0 Å². The summed E-state index contributed by atoms with van der Waals surface area (Å²) in [5, 5.41) is 21.1. The Bertz CT molecular complexity index is 1930. The van der Waals surface area contributed by atoms with Gasteiger partial charge in [0, 0.05) is 23.7 Å². The molecule has 6 rings (SSSR count). The van der Waals surface area contributed by atoms with Gasteiger partial charge in [0.05, 0.1) is 18.3 Å². The number of H-pyrrole nitrogens is 1. The first kappa shape index (κ1) is 28.0. The molecule has 3 N–H and O–H groups in total. The van der Waals surface area contributed by atoms with Gasteiger partial charge < -0.3 is 10.6 Å². The first-order valence-electron chi connectivity index (χ1n) is 12.8. The average Bonchev–Trinajstić information content (AvgIpc) is 3.80. The first-order chi connectivity index (χ1) is 20.7. The molecule has 13 nitrogen and oxygen atoms in total. The second kappa shape index (κ2) is 11.3. The third-order valence-electron chi connectivity index (χ3n) is 6.78. The van der Waals surface area contributed by atoms with E-state index in [9.17, 15) is 22.4 Å². The fourth-order valence-electron chi connectivity index (χ4n) is 4.64. The minimum Gasteiger partial charge on any atom is -0.347 e. The number of hydrogen-bond donors (Lipinski definition) is 3. The van der Waals surface area contributed by atoms with Crippen molar-refractivity contribution in [2.24, 2.45) is 0 Å². The number of fused-ring (bicyclic) bond motifs is 1. The Morgan fingerprint density at radius 1 is 1.09 bits per heavy atom. The van der Waals surface area contributed by atoms with E-state index >= 15 is 0 Å². The van der Waals surface area contributed by atoms with Gasteiger partial charge in [0.2, 0.25) is 5.82 Å². The first-order valence-corrected chi connectivity index (χ1v) is 15.1. The highest BCUT2D eigenvalue weighted by molar-refractivity contribution is 7.94. The number of rotatable bonds is 8. The fourth-order valence-corrected chi connectivity index (χ4v) is 7.24. The van der Waals surface area contributed by atoms with Crippen molar-refractivity contribution in [3.63, 3.8) is 0 Å². The number of carbonyl (C=O) groups is 2. The lowest BCUT2D eigenvalue weighted by atomic mass is 10.1. The molecule has 5 aromatic rings. The number of aromatic nitrogens is 6. The average molecular weight is 620 g/mol. The Balaban J connectivity index is 1.23. The molecule has 0 spiro atoms. The number of carbonyl (C=O) groups excluding carboxylic acids is 2. The molecule has 1 atom stereocenters. The summed E-state index contributed by atoms with van der Waals surface area (Å²) >= 11 is 1.09. The maximum absolute atomic E-state index is 13.6. The monoisotopic (exact) mass is 619 g/mol. The number of benzene rings is 2. The maximum Gasteiger partial charge on any atom is 0.273 e. The van der Waals surface area contributed by atoms with Crippen LogP contribution in [0.15, 0.2) is 70.5 Å². The summed E-state index contributed by atoms with van der Waals surface area (Å²) < 4.78 is 42.1. The quantitative estimate of drug-likeness (QED) is 0.236. The van der Waals surface area contributed by atoms with Gasteiger partial charge in [-0.15, -0.1) is 21.5 Å². The van der Waals surface area contributed by atoms with Crippen LogP contribution in [0.5, 0.6) is 0 Å². The van der Waals surface area contributed by atoms with Gasteiger partial charge >= 0.3 is 0 Å². The van der Waals surface area contributed by atoms with E-state index in [0.29, 0.717) is 27.9 Å². The van der Waals surface area contributed by atoms with Crippen molar-refractivity contribution < 1.29 is 22.4 Å². The molecule has 2 amide bonds. The van der Waals surface area contributed by atoms with Crippen LogP contribution < -0.4 is 14.9 Å². The van der Waals surface area contributed by atoms with Crippen molar-refractivity contribution >= 4 is 38.9 Å². The highest BCUT2D eigenvalue weighted by Gasteiger charge is 2.38. The highest BCUT2D eigenvalue weighted by Crippen LogP contribution is 2.41. The fraction of sp³-hybridized carbons (Fsp3) is 0.148. The minimum absolute atomic E-state index is 0.0440. The minimum atomic E-state index is -3.94. The molecule has 0 fully saturated rings. The van der Waals surface area contributed by atoms with Crippen LogP contribution in [0.1, 0.15) is 43.7 Å². The number of sulfonamides is 1. The summed E-state index contributed by atoms with van der Waals surface area (Å²) in [6, 6.07) is 13.2. The summed E-state index contributed by atoms with van der Waals surface area (Å²) in [6.45, 7) is 1.68. The molecule has 0 saturated heterocycles. The van der Waals surface area contributed by atoms with Crippen LogP contribution in [-0.4, -0.2) is 57.4 Å². The number of aromatic amines is 1. The molecular weight excluding hydrogens is 597 g/mol. The molecule has 0 aliphatic carbocycles. The summed E-state index contributed by atoms with van der Waals surface area (Å²) in [5.74, 6) is -1.23. The molecule has 2 aromatic carbocycles. The van der Waals surface area contributed by atoms with Crippen LogP contribution in [-0.2, 0) is 16.6 Å². The van der Waals surface area contributed by atoms with Crippen molar-refractivity contribution in [1.29, 1.82) is 0 Å². The predicted octanol–water partition coefficient (Wildman–Crippen LogP) is 2.78. The van der Waals surface area contributed by atoms with E-state index in [2.05, 4.69) is 41.2 Å². The van der Waals surface area contributed by atoms with Crippen LogP contribution in [0.2, 0.25) is 0 Å². The number of nitrogens with zero attached hydrogens (tertiary/aromatic N) is 6. The standard InChI is InChI=1S/C27H22FN9O4S2/c1-15-9-16(4-7-19(15)28)12-29-26(38)20-11-21(31-14-30-20)27(39)32-22-13-37(43(40,41)24-3-2-8-42-24)23-10-17(5-6-18(22)23)25-33-35-36-34-25/h2-11,14,22H,12-13H2,1H3,(H,29,38)(H,32,39)(H,33,34,35,36). The number of hydrogen-bond acceptors (Lipinski definition) is 10. The summed E-state index contributed by atoms with van der Waals surface area (Å²) in [4.78, 5) is 34.0. The molecule has 4 heterocycles. The lowest BCUT2D eigenvalue weighted by Gasteiger charge is -2.19. The number of nitrogens with one attached hydrogen (secondary N) is 3. The summed E-state index contributed by atoms with van der Waals surface area (Å²) in [5.41, 5.74) is 2.48.